The molecule has 6 nitrogen and oxygen atoms in total. The molecule has 0 radical (unpaired) electrons. The van der Waals surface area contributed by atoms with Crippen LogP contribution in [0.25, 0.3) is 0 Å². The van der Waals surface area contributed by atoms with E-state index in [1.165, 1.54) is 12.1 Å². The highest BCUT2D eigenvalue weighted by Crippen LogP contribution is 2.28. The SMILES string of the molecule is CC1CCN(C(=O)c2cccc(N)c2[N+](=O)[O-])CC1. The minimum atomic E-state index is -0.588. The maximum absolute atomic E-state index is 12.3. The van der Waals surface area contributed by atoms with Crippen LogP contribution in [0.1, 0.15) is 30.1 Å². The van der Waals surface area contributed by atoms with Crippen molar-refractivity contribution in [2.75, 3.05) is 18.8 Å². The Morgan fingerprint density at radius 2 is 2.05 bits per heavy atom. The second-order valence-corrected chi connectivity index (χ2v) is 4.98. The Hall–Kier alpha value is -2.11. The summed E-state index contributed by atoms with van der Waals surface area (Å²) >= 11 is 0. The molecule has 0 aromatic heterocycles. The second-order valence-electron chi connectivity index (χ2n) is 4.98. The van der Waals surface area contributed by atoms with Crippen LogP contribution in [0, 0.1) is 16.0 Å². The van der Waals surface area contributed by atoms with Crippen molar-refractivity contribution in [3.8, 4) is 0 Å². The van der Waals surface area contributed by atoms with E-state index >= 15 is 0 Å². The molecule has 1 aliphatic rings. The summed E-state index contributed by atoms with van der Waals surface area (Å²) in [6.45, 7) is 3.43. The Kier molecular flexibility index (Phi) is 3.69. The van der Waals surface area contributed by atoms with Crippen LogP contribution in [-0.2, 0) is 0 Å². The third kappa shape index (κ3) is 2.67. The van der Waals surface area contributed by atoms with E-state index < -0.39 is 4.92 Å². The monoisotopic (exact) mass is 263 g/mol. The first-order valence-electron chi connectivity index (χ1n) is 6.33. The fourth-order valence-corrected chi connectivity index (χ4v) is 2.32. The molecule has 1 amide bonds. The number of carbonyl (C=O) groups excluding carboxylic acids is 1. The largest absolute Gasteiger partial charge is 0.393 e. The molecule has 19 heavy (non-hydrogen) atoms. The first-order valence-corrected chi connectivity index (χ1v) is 6.33. The molecular formula is C13H17N3O3. The van der Waals surface area contributed by atoms with E-state index in [1.54, 1.807) is 11.0 Å². The third-order valence-electron chi connectivity index (χ3n) is 3.55. The van der Waals surface area contributed by atoms with Gasteiger partial charge >= 0.3 is 5.69 Å². The van der Waals surface area contributed by atoms with Gasteiger partial charge in [-0.3, -0.25) is 14.9 Å². The molecule has 0 aliphatic carbocycles. The van der Waals surface area contributed by atoms with Gasteiger partial charge in [-0.2, -0.15) is 0 Å². The molecule has 1 aliphatic heterocycles. The average molecular weight is 263 g/mol. The maximum atomic E-state index is 12.3. The average Bonchev–Trinajstić information content (AvgIpc) is 2.38. The van der Waals surface area contributed by atoms with Crippen molar-refractivity contribution in [1.29, 1.82) is 0 Å². The van der Waals surface area contributed by atoms with Gasteiger partial charge in [-0.05, 0) is 30.9 Å². The summed E-state index contributed by atoms with van der Waals surface area (Å²) in [6.07, 6.45) is 1.86. The van der Waals surface area contributed by atoms with Crippen LogP contribution >= 0.6 is 0 Å². The van der Waals surface area contributed by atoms with Gasteiger partial charge in [-0.25, -0.2) is 0 Å². The number of piperidine rings is 1. The number of nitrogens with two attached hydrogens (primary N) is 1. The number of nitro benzene ring substituents is 1. The number of para-hydroxylation sites is 1. The molecule has 0 atom stereocenters. The second kappa shape index (κ2) is 5.26. The van der Waals surface area contributed by atoms with E-state index in [0.29, 0.717) is 19.0 Å². The molecule has 1 aromatic carbocycles. The number of amides is 1. The molecule has 2 rings (SSSR count). The van der Waals surface area contributed by atoms with Gasteiger partial charge in [-0.15, -0.1) is 0 Å². The molecule has 0 spiro atoms. The van der Waals surface area contributed by atoms with E-state index in [9.17, 15) is 14.9 Å². The fraction of sp³-hybridized carbons (Fsp3) is 0.462. The van der Waals surface area contributed by atoms with Crippen molar-refractivity contribution in [1.82, 2.24) is 4.90 Å². The van der Waals surface area contributed by atoms with Crippen molar-refractivity contribution in [2.24, 2.45) is 5.92 Å². The predicted octanol–water partition coefficient (Wildman–Crippen LogP) is 2.05. The number of nitrogen functional groups attached to an aromatic ring is 1. The summed E-state index contributed by atoms with van der Waals surface area (Å²) in [6, 6.07) is 4.48. The molecule has 1 fully saturated rings. The van der Waals surface area contributed by atoms with Gasteiger partial charge in [-0.1, -0.05) is 13.0 Å². The van der Waals surface area contributed by atoms with Gasteiger partial charge in [0, 0.05) is 13.1 Å². The standard InChI is InChI=1S/C13H17N3O3/c1-9-5-7-15(8-6-9)13(17)10-3-2-4-11(14)12(10)16(18)19/h2-4,9H,5-8,14H2,1H3. The summed E-state index contributed by atoms with van der Waals surface area (Å²) in [5.74, 6) is 0.297. The summed E-state index contributed by atoms with van der Waals surface area (Å²) < 4.78 is 0. The van der Waals surface area contributed by atoms with Crippen molar-refractivity contribution < 1.29 is 9.72 Å². The van der Waals surface area contributed by atoms with Crippen LogP contribution < -0.4 is 5.73 Å². The highest BCUT2D eigenvalue weighted by molar-refractivity contribution is 6.00. The van der Waals surface area contributed by atoms with E-state index in [4.69, 9.17) is 5.73 Å². The number of nitro groups is 1. The van der Waals surface area contributed by atoms with Crippen LogP contribution in [-0.4, -0.2) is 28.8 Å². The third-order valence-corrected chi connectivity index (χ3v) is 3.55. The van der Waals surface area contributed by atoms with Gasteiger partial charge in [0.1, 0.15) is 11.3 Å². The number of anilines is 1. The van der Waals surface area contributed by atoms with Gasteiger partial charge in [0.25, 0.3) is 5.91 Å². The van der Waals surface area contributed by atoms with Gasteiger partial charge in [0.15, 0.2) is 0 Å². The van der Waals surface area contributed by atoms with Crippen LogP contribution in [0.3, 0.4) is 0 Å². The highest BCUT2D eigenvalue weighted by atomic mass is 16.6. The molecule has 0 bridgehead atoms. The summed E-state index contributed by atoms with van der Waals surface area (Å²) in [4.78, 5) is 24.5. The lowest BCUT2D eigenvalue weighted by molar-refractivity contribution is -0.384. The highest BCUT2D eigenvalue weighted by Gasteiger charge is 2.28. The van der Waals surface area contributed by atoms with Crippen molar-refractivity contribution in [3.63, 3.8) is 0 Å². The lowest BCUT2D eigenvalue weighted by atomic mass is 9.98. The van der Waals surface area contributed by atoms with E-state index in [2.05, 4.69) is 6.92 Å². The van der Waals surface area contributed by atoms with Crippen molar-refractivity contribution in [3.05, 3.63) is 33.9 Å². The first-order chi connectivity index (χ1) is 9.00. The van der Waals surface area contributed by atoms with Gasteiger partial charge in [0.2, 0.25) is 0 Å². The topological polar surface area (TPSA) is 89.5 Å². The van der Waals surface area contributed by atoms with Crippen molar-refractivity contribution in [2.45, 2.75) is 19.8 Å². The quantitative estimate of drug-likeness (QED) is 0.502. The summed E-state index contributed by atoms with van der Waals surface area (Å²) in [5.41, 5.74) is 5.43. The number of likely N-dealkylation sites (tertiary alicyclic amines) is 1. The summed E-state index contributed by atoms with van der Waals surface area (Å²) in [5, 5.41) is 11.0. The van der Waals surface area contributed by atoms with Crippen molar-refractivity contribution >= 4 is 17.3 Å². The Bertz CT molecular complexity index is 508. The smallest absolute Gasteiger partial charge is 0.304 e. The zero-order chi connectivity index (χ0) is 14.0. The number of hydrogen-bond donors (Lipinski definition) is 1. The Morgan fingerprint density at radius 3 is 2.63 bits per heavy atom. The molecule has 1 saturated heterocycles. The lowest BCUT2D eigenvalue weighted by Crippen LogP contribution is -2.38. The van der Waals surface area contributed by atoms with Crippen LogP contribution in [0.5, 0.6) is 0 Å². The number of hydrogen-bond acceptors (Lipinski definition) is 4. The molecule has 2 N–H and O–H groups in total. The van der Waals surface area contributed by atoms with Gasteiger partial charge < -0.3 is 10.6 Å². The van der Waals surface area contributed by atoms with Crippen LogP contribution in [0.4, 0.5) is 11.4 Å². The number of benzene rings is 1. The molecule has 0 unspecified atom stereocenters. The maximum Gasteiger partial charge on any atom is 0.304 e. The molecular weight excluding hydrogens is 246 g/mol. The summed E-state index contributed by atoms with van der Waals surface area (Å²) in [7, 11) is 0. The zero-order valence-corrected chi connectivity index (χ0v) is 10.8. The zero-order valence-electron chi connectivity index (χ0n) is 10.8. The fourth-order valence-electron chi connectivity index (χ4n) is 2.32. The lowest BCUT2D eigenvalue weighted by Gasteiger charge is -2.30. The Morgan fingerprint density at radius 1 is 1.42 bits per heavy atom. The van der Waals surface area contributed by atoms with E-state index in [-0.39, 0.29) is 22.8 Å². The number of nitrogens with zero attached hydrogens (tertiary/aromatic N) is 2. The number of rotatable bonds is 2. The van der Waals surface area contributed by atoms with E-state index in [1.807, 2.05) is 0 Å². The minimum Gasteiger partial charge on any atom is -0.393 e. The molecule has 6 heteroatoms. The normalized spacial score (nSPS) is 16.4. The van der Waals surface area contributed by atoms with Crippen LogP contribution in [0.2, 0.25) is 0 Å². The molecule has 1 aromatic rings. The van der Waals surface area contributed by atoms with Crippen LogP contribution in [0.15, 0.2) is 18.2 Å². The van der Waals surface area contributed by atoms with Gasteiger partial charge in [0.05, 0.1) is 4.92 Å². The van der Waals surface area contributed by atoms with E-state index in [0.717, 1.165) is 12.8 Å². The first kappa shape index (κ1) is 13.3. The molecule has 1 heterocycles. The number of carbonyl (C=O) groups is 1. The Balaban J connectivity index is 2.29. The minimum absolute atomic E-state index is 0.0289. The Labute approximate surface area is 111 Å². The molecule has 0 saturated carbocycles. The molecule has 102 valence electrons. The predicted molar refractivity (Wildman–Crippen MR) is 71.8 cm³/mol.